The molecule has 0 N–H and O–H groups in total. The molecule has 5 heteroatoms. The lowest BCUT2D eigenvalue weighted by Crippen LogP contribution is -2.28. The third-order valence-corrected chi connectivity index (χ3v) is 1.71. The van der Waals surface area contributed by atoms with Gasteiger partial charge < -0.3 is 14.4 Å². The first-order valence-electron chi connectivity index (χ1n) is 4.98. The molecule has 0 aliphatic rings. The summed E-state index contributed by atoms with van der Waals surface area (Å²) in [5.41, 5.74) is 0. The maximum absolute atomic E-state index is 11.3. The van der Waals surface area contributed by atoms with E-state index in [0.29, 0.717) is 13.2 Å². The molecule has 0 spiro atoms. The molecular formula is C10H19NO4. The summed E-state index contributed by atoms with van der Waals surface area (Å²) < 4.78 is 9.69. The van der Waals surface area contributed by atoms with Gasteiger partial charge in [-0.1, -0.05) is 6.92 Å². The van der Waals surface area contributed by atoms with Crippen LogP contribution in [0.5, 0.6) is 0 Å². The van der Waals surface area contributed by atoms with E-state index < -0.39 is 18.0 Å². The molecule has 0 radical (unpaired) electrons. The Kier molecular flexibility index (Phi) is 6.70. The average Bonchev–Trinajstić information content (AvgIpc) is 2.16. The molecule has 0 rings (SSSR count). The molecule has 88 valence electrons. The van der Waals surface area contributed by atoms with E-state index in [9.17, 15) is 9.59 Å². The number of rotatable bonds is 6. The van der Waals surface area contributed by atoms with E-state index >= 15 is 0 Å². The molecule has 0 aromatic carbocycles. The Hall–Kier alpha value is -1.10. The van der Waals surface area contributed by atoms with Crippen LogP contribution < -0.4 is 0 Å². The molecule has 0 fully saturated rings. The van der Waals surface area contributed by atoms with Crippen LogP contribution in [0.4, 0.5) is 0 Å². The van der Waals surface area contributed by atoms with Gasteiger partial charge in [0.05, 0.1) is 0 Å². The van der Waals surface area contributed by atoms with E-state index in [1.54, 1.807) is 6.92 Å². The van der Waals surface area contributed by atoms with Crippen LogP contribution in [0.15, 0.2) is 0 Å². The summed E-state index contributed by atoms with van der Waals surface area (Å²) in [6.07, 6.45) is -0.561. The number of ether oxygens (including phenoxy) is 2. The summed E-state index contributed by atoms with van der Waals surface area (Å²) in [5.74, 6) is -0.897. The summed E-state index contributed by atoms with van der Waals surface area (Å²) in [6, 6.07) is 0. The minimum Gasteiger partial charge on any atom is -0.462 e. The van der Waals surface area contributed by atoms with Gasteiger partial charge in [-0.15, -0.1) is 0 Å². The molecule has 0 aromatic heterocycles. The SMILES string of the molecule is CCC(=O)OC(C)C(=O)OCCN(C)C. The molecule has 0 heterocycles. The number of carbonyl (C=O) groups excluding carboxylic acids is 2. The van der Waals surface area contributed by atoms with Crippen molar-refractivity contribution in [3.05, 3.63) is 0 Å². The van der Waals surface area contributed by atoms with Gasteiger partial charge in [-0.05, 0) is 21.0 Å². The van der Waals surface area contributed by atoms with Gasteiger partial charge in [-0.25, -0.2) is 4.79 Å². The fourth-order valence-electron chi connectivity index (χ4n) is 0.775. The third-order valence-electron chi connectivity index (χ3n) is 1.71. The second-order valence-corrected chi connectivity index (χ2v) is 3.46. The van der Waals surface area contributed by atoms with Crippen molar-refractivity contribution in [2.75, 3.05) is 27.2 Å². The van der Waals surface area contributed by atoms with Crippen molar-refractivity contribution in [1.29, 1.82) is 0 Å². The largest absolute Gasteiger partial charge is 0.462 e. The van der Waals surface area contributed by atoms with Gasteiger partial charge >= 0.3 is 11.9 Å². The first-order chi connectivity index (χ1) is 6.97. The molecule has 0 saturated carbocycles. The number of likely N-dealkylation sites (N-methyl/N-ethyl adjacent to an activating group) is 1. The molecule has 0 aromatic rings. The molecule has 5 nitrogen and oxygen atoms in total. The van der Waals surface area contributed by atoms with Gasteiger partial charge in [0.25, 0.3) is 0 Å². The van der Waals surface area contributed by atoms with Gasteiger partial charge in [-0.3, -0.25) is 4.79 Å². The Morgan fingerprint density at radius 3 is 2.40 bits per heavy atom. The fourth-order valence-corrected chi connectivity index (χ4v) is 0.775. The van der Waals surface area contributed by atoms with Crippen LogP contribution in [-0.2, 0) is 19.1 Å². The second-order valence-electron chi connectivity index (χ2n) is 3.46. The van der Waals surface area contributed by atoms with Crippen molar-refractivity contribution in [2.24, 2.45) is 0 Å². The fraction of sp³-hybridized carbons (Fsp3) is 0.800. The molecule has 0 amide bonds. The van der Waals surface area contributed by atoms with Crippen LogP contribution in [0.2, 0.25) is 0 Å². The van der Waals surface area contributed by atoms with Crippen molar-refractivity contribution in [1.82, 2.24) is 4.90 Å². The molecule has 15 heavy (non-hydrogen) atoms. The monoisotopic (exact) mass is 217 g/mol. The van der Waals surface area contributed by atoms with Gasteiger partial charge in [0, 0.05) is 13.0 Å². The number of nitrogens with zero attached hydrogens (tertiary/aromatic N) is 1. The zero-order valence-corrected chi connectivity index (χ0v) is 9.78. The number of esters is 2. The van der Waals surface area contributed by atoms with Gasteiger partial charge in [0.15, 0.2) is 6.10 Å². The summed E-state index contributed by atoms with van der Waals surface area (Å²) in [7, 11) is 3.77. The molecular weight excluding hydrogens is 198 g/mol. The number of hydrogen-bond donors (Lipinski definition) is 0. The van der Waals surface area contributed by atoms with Crippen molar-refractivity contribution in [3.63, 3.8) is 0 Å². The smallest absolute Gasteiger partial charge is 0.347 e. The maximum Gasteiger partial charge on any atom is 0.347 e. The quantitative estimate of drug-likeness (QED) is 0.604. The van der Waals surface area contributed by atoms with E-state index in [1.807, 2.05) is 19.0 Å². The van der Waals surface area contributed by atoms with E-state index in [0.717, 1.165) is 0 Å². The van der Waals surface area contributed by atoms with Gasteiger partial charge in [0.2, 0.25) is 0 Å². The third kappa shape index (κ3) is 6.90. The Labute approximate surface area is 90.3 Å². The Bertz CT molecular complexity index is 215. The van der Waals surface area contributed by atoms with Gasteiger partial charge in [-0.2, -0.15) is 0 Å². The van der Waals surface area contributed by atoms with Crippen LogP contribution in [0, 0.1) is 0 Å². The minimum absolute atomic E-state index is 0.259. The number of carbonyl (C=O) groups is 2. The van der Waals surface area contributed by atoms with Crippen molar-refractivity contribution < 1.29 is 19.1 Å². The lowest BCUT2D eigenvalue weighted by atomic mass is 10.4. The van der Waals surface area contributed by atoms with E-state index in [-0.39, 0.29) is 6.42 Å². The molecule has 0 aliphatic carbocycles. The van der Waals surface area contributed by atoms with Crippen LogP contribution in [-0.4, -0.2) is 50.2 Å². The Morgan fingerprint density at radius 2 is 1.93 bits per heavy atom. The lowest BCUT2D eigenvalue weighted by Gasteiger charge is -2.13. The predicted octanol–water partition coefficient (Wildman–Crippen LogP) is 0.433. The van der Waals surface area contributed by atoms with E-state index in [2.05, 4.69) is 0 Å². The molecule has 1 unspecified atom stereocenters. The molecule has 0 saturated heterocycles. The molecule has 0 aliphatic heterocycles. The molecule has 1 atom stereocenters. The Morgan fingerprint density at radius 1 is 1.33 bits per heavy atom. The lowest BCUT2D eigenvalue weighted by molar-refractivity contribution is -0.166. The summed E-state index contributed by atoms with van der Waals surface area (Å²) >= 11 is 0. The van der Waals surface area contributed by atoms with Crippen LogP contribution >= 0.6 is 0 Å². The highest BCUT2D eigenvalue weighted by atomic mass is 16.6. The zero-order valence-electron chi connectivity index (χ0n) is 9.78. The van der Waals surface area contributed by atoms with Gasteiger partial charge in [0.1, 0.15) is 6.61 Å². The highest BCUT2D eigenvalue weighted by molar-refractivity contribution is 5.78. The number of hydrogen-bond acceptors (Lipinski definition) is 5. The molecule has 0 bridgehead atoms. The van der Waals surface area contributed by atoms with Crippen molar-refractivity contribution >= 4 is 11.9 Å². The average molecular weight is 217 g/mol. The van der Waals surface area contributed by atoms with Crippen molar-refractivity contribution in [3.8, 4) is 0 Å². The summed E-state index contributed by atoms with van der Waals surface area (Å²) in [6.45, 7) is 4.14. The minimum atomic E-state index is -0.820. The Balaban J connectivity index is 3.74. The van der Waals surface area contributed by atoms with Crippen LogP contribution in [0.25, 0.3) is 0 Å². The highest BCUT2D eigenvalue weighted by Crippen LogP contribution is 1.97. The predicted molar refractivity (Wildman–Crippen MR) is 55.4 cm³/mol. The first kappa shape index (κ1) is 13.9. The highest BCUT2D eigenvalue weighted by Gasteiger charge is 2.17. The van der Waals surface area contributed by atoms with Crippen LogP contribution in [0.1, 0.15) is 20.3 Å². The first-order valence-corrected chi connectivity index (χ1v) is 4.98. The standard InChI is InChI=1S/C10H19NO4/c1-5-9(12)15-8(2)10(13)14-7-6-11(3)4/h8H,5-7H2,1-4H3. The summed E-state index contributed by atoms with van der Waals surface area (Å²) in [5, 5.41) is 0. The normalized spacial score (nSPS) is 12.3. The second kappa shape index (κ2) is 7.23. The topological polar surface area (TPSA) is 55.8 Å². The summed E-state index contributed by atoms with van der Waals surface area (Å²) in [4.78, 5) is 24.0. The van der Waals surface area contributed by atoms with Crippen molar-refractivity contribution in [2.45, 2.75) is 26.4 Å². The zero-order chi connectivity index (χ0) is 11.8. The van der Waals surface area contributed by atoms with Crippen LogP contribution in [0.3, 0.4) is 0 Å². The van der Waals surface area contributed by atoms with E-state index in [1.165, 1.54) is 6.92 Å². The van der Waals surface area contributed by atoms with E-state index in [4.69, 9.17) is 9.47 Å². The maximum atomic E-state index is 11.3.